The van der Waals surface area contributed by atoms with Crippen LogP contribution < -0.4 is 0 Å². The fourth-order valence-corrected chi connectivity index (χ4v) is 2.04. The van der Waals surface area contributed by atoms with E-state index in [9.17, 15) is 4.79 Å². The molecule has 13 heavy (non-hydrogen) atoms. The first-order valence-corrected chi connectivity index (χ1v) is 4.92. The van der Waals surface area contributed by atoms with Crippen LogP contribution in [0.3, 0.4) is 0 Å². The van der Waals surface area contributed by atoms with Gasteiger partial charge in [-0.2, -0.15) is 0 Å². The molecule has 0 aliphatic heterocycles. The zero-order valence-corrected chi connectivity index (χ0v) is 8.00. The number of rotatable bonds is 2. The molecule has 0 aliphatic rings. The normalized spacial score (nSPS) is 10.5. The topological polar surface area (TPSA) is 30.7 Å². The van der Waals surface area contributed by atoms with Crippen LogP contribution >= 0.6 is 11.3 Å². The van der Waals surface area contributed by atoms with Crippen molar-refractivity contribution in [3.63, 3.8) is 0 Å². The number of ether oxygens (including phenoxy) is 1. The number of fused-ring (bicyclic) bond motifs is 1. The molecule has 2 heterocycles. The lowest BCUT2D eigenvalue weighted by molar-refractivity contribution is 0.0529. The summed E-state index contributed by atoms with van der Waals surface area (Å²) in [6.07, 6.45) is 3.78. The molecular weight excluding hydrogens is 186 g/mol. The number of hydrogen-bond acceptors (Lipinski definition) is 3. The number of thiazole rings is 1. The highest BCUT2D eigenvalue weighted by Crippen LogP contribution is 2.19. The summed E-state index contributed by atoms with van der Waals surface area (Å²) in [6, 6.07) is 1.78. The van der Waals surface area contributed by atoms with Crippen molar-refractivity contribution in [1.29, 1.82) is 0 Å². The minimum atomic E-state index is -0.243. The Hall–Kier alpha value is -1.29. The van der Waals surface area contributed by atoms with Gasteiger partial charge < -0.3 is 9.14 Å². The number of aromatic nitrogens is 1. The molecule has 0 unspecified atom stereocenters. The third-order valence-electron chi connectivity index (χ3n) is 1.76. The highest BCUT2D eigenvalue weighted by Gasteiger charge is 2.12. The molecule has 4 heteroatoms. The monoisotopic (exact) mass is 195 g/mol. The Balaban J connectivity index is 2.42. The van der Waals surface area contributed by atoms with Crippen LogP contribution in [0.15, 0.2) is 23.8 Å². The van der Waals surface area contributed by atoms with E-state index in [0.717, 1.165) is 4.83 Å². The molecule has 0 amide bonds. The molecule has 3 nitrogen and oxygen atoms in total. The van der Waals surface area contributed by atoms with Crippen molar-refractivity contribution in [2.75, 3.05) is 6.61 Å². The van der Waals surface area contributed by atoms with Gasteiger partial charge in [-0.1, -0.05) is 0 Å². The van der Waals surface area contributed by atoms with Gasteiger partial charge in [0.05, 0.1) is 12.2 Å². The Morgan fingerprint density at radius 3 is 3.23 bits per heavy atom. The molecule has 0 fully saturated rings. The molecule has 0 aromatic carbocycles. The molecule has 0 bridgehead atoms. The van der Waals surface area contributed by atoms with E-state index in [0.29, 0.717) is 12.2 Å². The van der Waals surface area contributed by atoms with E-state index >= 15 is 0 Å². The van der Waals surface area contributed by atoms with Crippen molar-refractivity contribution in [2.24, 2.45) is 0 Å². The number of esters is 1. The second-order valence-corrected chi connectivity index (χ2v) is 3.46. The number of hydrogen-bond donors (Lipinski definition) is 0. The predicted molar refractivity (Wildman–Crippen MR) is 51.2 cm³/mol. The van der Waals surface area contributed by atoms with Gasteiger partial charge in [0.1, 0.15) is 4.83 Å². The predicted octanol–water partition coefficient (Wildman–Crippen LogP) is 2.18. The third-order valence-corrected chi connectivity index (χ3v) is 2.67. The Morgan fingerprint density at radius 2 is 2.46 bits per heavy atom. The molecule has 2 rings (SSSR count). The summed E-state index contributed by atoms with van der Waals surface area (Å²) >= 11 is 1.54. The molecule has 0 N–H and O–H groups in total. The molecule has 2 aromatic heterocycles. The van der Waals surface area contributed by atoms with E-state index in [1.54, 1.807) is 13.0 Å². The SMILES string of the molecule is CCOC(=O)c1ccn2ccsc12. The van der Waals surface area contributed by atoms with Crippen molar-refractivity contribution in [2.45, 2.75) is 6.92 Å². The molecule has 2 aromatic rings. The first-order chi connectivity index (χ1) is 6.33. The molecule has 0 saturated carbocycles. The summed E-state index contributed by atoms with van der Waals surface area (Å²) in [6.45, 7) is 2.22. The molecular formula is C9H9NO2S. The van der Waals surface area contributed by atoms with Gasteiger partial charge in [-0.25, -0.2) is 4.79 Å². The van der Waals surface area contributed by atoms with Gasteiger partial charge in [-0.3, -0.25) is 0 Å². The molecule has 0 saturated heterocycles. The maximum atomic E-state index is 11.4. The minimum Gasteiger partial charge on any atom is -0.462 e. The summed E-state index contributed by atoms with van der Waals surface area (Å²) in [5.74, 6) is -0.243. The van der Waals surface area contributed by atoms with Gasteiger partial charge in [-0.05, 0) is 13.0 Å². The Bertz CT molecular complexity index is 429. The second kappa shape index (κ2) is 3.22. The Kier molecular flexibility index (Phi) is 2.06. The van der Waals surface area contributed by atoms with E-state index in [4.69, 9.17) is 4.74 Å². The van der Waals surface area contributed by atoms with E-state index < -0.39 is 0 Å². The number of carbonyl (C=O) groups is 1. The maximum Gasteiger partial charge on any atom is 0.341 e. The van der Waals surface area contributed by atoms with Gasteiger partial charge in [-0.15, -0.1) is 11.3 Å². The molecule has 0 spiro atoms. The lowest BCUT2D eigenvalue weighted by atomic mass is 10.3. The summed E-state index contributed by atoms with van der Waals surface area (Å²) in [4.78, 5) is 12.3. The fraction of sp³-hybridized carbons (Fsp3) is 0.222. The standard InChI is InChI=1S/C9H9NO2S/c1-2-12-9(11)7-3-4-10-5-6-13-8(7)10/h3-6H,2H2,1H3. The van der Waals surface area contributed by atoms with E-state index in [1.807, 2.05) is 22.2 Å². The first-order valence-electron chi connectivity index (χ1n) is 4.04. The smallest absolute Gasteiger partial charge is 0.341 e. The summed E-state index contributed by atoms with van der Waals surface area (Å²) in [5.41, 5.74) is 0.650. The summed E-state index contributed by atoms with van der Waals surface area (Å²) in [5, 5.41) is 1.94. The van der Waals surface area contributed by atoms with Crippen molar-refractivity contribution in [3.05, 3.63) is 29.4 Å². The molecule has 0 radical (unpaired) electrons. The number of carbonyl (C=O) groups excluding carboxylic acids is 1. The van der Waals surface area contributed by atoms with Crippen LogP contribution in [0.1, 0.15) is 17.3 Å². The molecule has 0 aliphatic carbocycles. The summed E-state index contributed by atoms with van der Waals surface area (Å²) < 4.78 is 6.83. The quantitative estimate of drug-likeness (QED) is 0.687. The van der Waals surface area contributed by atoms with E-state index in [-0.39, 0.29) is 5.97 Å². The Labute approximate surface area is 79.6 Å². The van der Waals surface area contributed by atoms with Crippen LogP contribution in [0.4, 0.5) is 0 Å². The van der Waals surface area contributed by atoms with Gasteiger partial charge >= 0.3 is 5.97 Å². The van der Waals surface area contributed by atoms with E-state index in [2.05, 4.69) is 0 Å². The first kappa shape index (κ1) is 8.31. The Morgan fingerprint density at radius 1 is 1.62 bits per heavy atom. The number of nitrogens with zero attached hydrogens (tertiary/aromatic N) is 1. The second-order valence-electron chi connectivity index (χ2n) is 2.57. The van der Waals surface area contributed by atoms with Gasteiger partial charge in [0.25, 0.3) is 0 Å². The van der Waals surface area contributed by atoms with Crippen LogP contribution in [0.2, 0.25) is 0 Å². The van der Waals surface area contributed by atoms with Crippen molar-refractivity contribution in [1.82, 2.24) is 4.40 Å². The minimum absolute atomic E-state index is 0.243. The average Bonchev–Trinajstić information content (AvgIpc) is 2.62. The lowest BCUT2D eigenvalue weighted by Gasteiger charge is -1.97. The van der Waals surface area contributed by atoms with Crippen LogP contribution in [0, 0.1) is 0 Å². The van der Waals surface area contributed by atoms with Crippen LogP contribution in [0.25, 0.3) is 4.83 Å². The zero-order chi connectivity index (χ0) is 9.26. The van der Waals surface area contributed by atoms with Crippen molar-refractivity contribution >= 4 is 22.1 Å². The van der Waals surface area contributed by atoms with Crippen LogP contribution in [-0.4, -0.2) is 17.0 Å². The van der Waals surface area contributed by atoms with Crippen LogP contribution in [0.5, 0.6) is 0 Å². The highest BCUT2D eigenvalue weighted by molar-refractivity contribution is 7.16. The molecule has 68 valence electrons. The average molecular weight is 195 g/mol. The zero-order valence-electron chi connectivity index (χ0n) is 7.19. The van der Waals surface area contributed by atoms with Gasteiger partial charge in [0, 0.05) is 17.8 Å². The van der Waals surface area contributed by atoms with Gasteiger partial charge in [0.2, 0.25) is 0 Å². The summed E-state index contributed by atoms with van der Waals surface area (Å²) in [7, 11) is 0. The maximum absolute atomic E-state index is 11.4. The largest absolute Gasteiger partial charge is 0.462 e. The van der Waals surface area contributed by atoms with Crippen molar-refractivity contribution < 1.29 is 9.53 Å². The third kappa shape index (κ3) is 1.33. The van der Waals surface area contributed by atoms with Crippen LogP contribution in [-0.2, 0) is 4.74 Å². The van der Waals surface area contributed by atoms with E-state index in [1.165, 1.54) is 11.3 Å². The van der Waals surface area contributed by atoms with Crippen molar-refractivity contribution in [3.8, 4) is 0 Å². The van der Waals surface area contributed by atoms with Gasteiger partial charge in [0.15, 0.2) is 0 Å². The molecule has 0 atom stereocenters. The highest BCUT2D eigenvalue weighted by atomic mass is 32.1. The lowest BCUT2D eigenvalue weighted by Crippen LogP contribution is -2.03. The fourth-order valence-electron chi connectivity index (χ4n) is 1.20.